The Morgan fingerprint density at radius 1 is 1.46 bits per heavy atom. The molecule has 1 aliphatic heterocycles. The molecular weight excluding hydrogens is 186 g/mol. The summed E-state index contributed by atoms with van der Waals surface area (Å²) in [6.07, 6.45) is 3.76. The smallest absolute Gasteiger partial charge is 0.0494 e. The van der Waals surface area contributed by atoms with Crippen molar-refractivity contribution in [3.05, 3.63) is 0 Å². The minimum absolute atomic E-state index is 0. The Morgan fingerprint density at radius 2 is 2.15 bits per heavy atom. The quantitative estimate of drug-likeness (QED) is 0.771. The highest BCUT2D eigenvalue weighted by Crippen LogP contribution is 2.28. The Morgan fingerprint density at radius 3 is 2.62 bits per heavy atom. The molecule has 1 unspecified atom stereocenters. The molecule has 0 amide bonds. The van der Waals surface area contributed by atoms with Gasteiger partial charge in [0.2, 0.25) is 0 Å². The lowest BCUT2D eigenvalue weighted by Gasteiger charge is -2.30. The van der Waals surface area contributed by atoms with Crippen LogP contribution >= 0.6 is 12.4 Å². The van der Waals surface area contributed by atoms with E-state index in [0.717, 1.165) is 25.7 Å². The minimum atomic E-state index is 0. The summed E-state index contributed by atoms with van der Waals surface area (Å²) in [5.41, 5.74) is 5.98. The van der Waals surface area contributed by atoms with Crippen molar-refractivity contribution in [2.75, 3.05) is 19.8 Å². The van der Waals surface area contributed by atoms with Gasteiger partial charge in [0.15, 0.2) is 0 Å². The van der Waals surface area contributed by atoms with Crippen LogP contribution in [0.2, 0.25) is 0 Å². The van der Waals surface area contributed by atoms with Crippen molar-refractivity contribution in [3.63, 3.8) is 0 Å². The second-order valence-electron chi connectivity index (χ2n) is 4.66. The summed E-state index contributed by atoms with van der Waals surface area (Å²) >= 11 is 0. The lowest BCUT2D eigenvalue weighted by Crippen LogP contribution is -2.29. The summed E-state index contributed by atoms with van der Waals surface area (Å²) in [6, 6.07) is 0. The molecule has 0 radical (unpaired) electrons. The number of rotatable bonds is 3. The molecular formula is C10H22ClNO. The highest BCUT2D eigenvalue weighted by Gasteiger charge is 2.23. The van der Waals surface area contributed by atoms with E-state index in [0.29, 0.717) is 5.41 Å². The van der Waals surface area contributed by atoms with Gasteiger partial charge in [-0.3, -0.25) is 0 Å². The van der Waals surface area contributed by atoms with Crippen LogP contribution in [0.4, 0.5) is 0 Å². The maximum atomic E-state index is 5.68. The second-order valence-corrected chi connectivity index (χ2v) is 4.66. The van der Waals surface area contributed by atoms with E-state index >= 15 is 0 Å². The third kappa shape index (κ3) is 4.84. The lowest BCUT2D eigenvalue weighted by molar-refractivity contribution is 0.0376. The molecule has 1 fully saturated rings. The molecule has 0 aromatic carbocycles. The van der Waals surface area contributed by atoms with Gasteiger partial charge in [-0.1, -0.05) is 13.8 Å². The van der Waals surface area contributed by atoms with Crippen LogP contribution in [-0.2, 0) is 4.74 Å². The fourth-order valence-corrected chi connectivity index (χ4v) is 1.83. The van der Waals surface area contributed by atoms with Crippen LogP contribution in [0.3, 0.4) is 0 Å². The van der Waals surface area contributed by atoms with Crippen LogP contribution < -0.4 is 5.73 Å². The van der Waals surface area contributed by atoms with E-state index in [9.17, 15) is 0 Å². The van der Waals surface area contributed by atoms with Crippen LogP contribution in [0, 0.1) is 11.3 Å². The molecule has 0 saturated carbocycles. The number of ether oxygens (including phenoxy) is 1. The fraction of sp³-hybridized carbons (Fsp3) is 1.00. The normalized spacial score (nSPS) is 23.8. The van der Waals surface area contributed by atoms with Crippen molar-refractivity contribution in [2.45, 2.75) is 33.1 Å². The molecule has 1 rings (SSSR count). The number of hydrogen-bond acceptors (Lipinski definition) is 2. The van der Waals surface area contributed by atoms with Gasteiger partial charge in [0, 0.05) is 13.2 Å². The van der Waals surface area contributed by atoms with Gasteiger partial charge in [0.1, 0.15) is 0 Å². The van der Waals surface area contributed by atoms with Crippen LogP contribution in [-0.4, -0.2) is 19.8 Å². The van der Waals surface area contributed by atoms with Gasteiger partial charge < -0.3 is 10.5 Å². The van der Waals surface area contributed by atoms with Crippen LogP contribution in [0.5, 0.6) is 0 Å². The molecule has 2 N–H and O–H groups in total. The summed E-state index contributed by atoms with van der Waals surface area (Å²) in [5.74, 6) is 0.747. The van der Waals surface area contributed by atoms with E-state index in [4.69, 9.17) is 10.5 Å². The third-order valence-corrected chi connectivity index (χ3v) is 2.65. The molecule has 13 heavy (non-hydrogen) atoms. The summed E-state index contributed by atoms with van der Waals surface area (Å²) in [5, 5.41) is 0. The molecule has 1 saturated heterocycles. The highest BCUT2D eigenvalue weighted by atomic mass is 35.5. The van der Waals surface area contributed by atoms with Gasteiger partial charge in [-0.25, -0.2) is 0 Å². The number of nitrogens with two attached hydrogens (primary N) is 1. The summed E-state index contributed by atoms with van der Waals surface area (Å²) in [6.45, 7) is 7.16. The van der Waals surface area contributed by atoms with Crippen molar-refractivity contribution in [1.82, 2.24) is 0 Å². The maximum absolute atomic E-state index is 5.68. The molecule has 3 heteroatoms. The van der Waals surface area contributed by atoms with Crippen molar-refractivity contribution >= 4 is 12.4 Å². The van der Waals surface area contributed by atoms with E-state index < -0.39 is 0 Å². The Bertz CT molecular complexity index is 133. The zero-order chi connectivity index (χ0) is 9.03. The third-order valence-electron chi connectivity index (χ3n) is 2.65. The maximum Gasteiger partial charge on any atom is 0.0494 e. The standard InChI is InChI=1S/C10H21NO.ClH/c1-10(2,8-11)6-9-4-3-5-12-7-9;/h9H,3-8,11H2,1-2H3;1H. The monoisotopic (exact) mass is 207 g/mol. The largest absolute Gasteiger partial charge is 0.381 e. The summed E-state index contributed by atoms with van der Waals surface area (Å²) in [7, 11) is 0. The fourth-order valence-electron chi connectivity index (χ4n) is 1.83. The molecule has 0 spiro atoms. The molecule has 0 aromatic heterocycles. The predicted molar refractivity (Wildman–Crippen MR) is 58.2 cm³/mol. The first kappa shape index (κ1) is 13.2. The summed E-state index contributed by atoms with van der Waals surface area (Å²) < 4.78 is 5.43. The molecule has 0 bridgehead atoms. The Labute approximate surface area is 87.6 Å². The van der Waals surface area contributed by atoms with Crippen molar-refractivity contribution < 1.29 is 4.74 Å². The van der Waals surface area contributed by atoms with E-state index in [2.05, 4.69) is 13.8 Å². The van der Waals surface area contributed by atoms with Crippen molar-refractivity contribution in [1.29, 1.82) is 0 Å². The van der Waals surface area contributed by atoms with Crippen LogP contribution in [0.1, 0.15) is 33.1 Å². The Balaban J connectivity index is 0.00000144. The first-order valence-corrected chi connectivity index (χ1v) is 4.92. The molecule has 1 atom stereocenters. The van der Waals surface area contributed by atoms with Crippen LogP contribution in [0.15, 0.2) is 0 Å². The van der Waals surface area contributed by atoms with Crippen LogP contribution in [0.25, 0.3) is 0 Å². The van der Waals surface area contributed by atoms with Crippen molar-refractivity contribution in [2.24, 2.45) is 17.1 Å². The number of hydrogen-bond donors (Lipinski definition) is 1. The Kier molecular flexibility index (Phi) is 5.93. The zero-order valence-electron chi connectivity index (χ0n) is 8.71. The first-order chi connectivity index (χ1) is 5.64. The van der Waals surface area contributed by atoms with Gasteiger partial charge in [0.05, 0.1) is 0 Å². The van der Waals surface area contributed by atoms with Gasteiger partial charge in [-0.15, -0.1) is 12.4 Å². The molecule has 80 valence electrons. The average molecular weight is 208 g/mol. The van der Waals surface area contributed by atoms with Gasteiger partial charge in [-0.05, 0) is 37.1 Å². The first-order valence-electron chi connectivity index (χ1n) is 4.92. The van der Waals surface area contributed by atoms with E-state index in [1.165, 1.54) is 19.3 Å². The Hall–Kier alpha value is 0.210. The molecule has 1 heterocycles. The average Bonchev–Trinajstić information content (AvgIpc) is 2.06. The molecule has 0 aromatic rings. The summed E-state index contributed by atoms with van der Waals surface area (Å²) in [4.78, 5) is 0. The van der Waals surface area contributed by atoms with E-state index in [1.54, 1.807) is 0 Å². The SMILES string of the molecule is CC(C)(CN)CC1CCCOC1.Cl. The number of halogens is 1. The van der Waals surface area contributed by atoms with Gasteiger partial charge in [0.25, 0.3) is 0 Å². The topological polar surface area (TPSA) is 35.2 Å². The predicted octanol–water partition coefficient (Wildman–Crippen LogP) is 2.21. The van der Waals surface area contributed by atoms with Crippen molar-refractivity contribution in [3.8, 4) is 0 Å². The molecule has 0 aliphatic carbocycles. The van der Waals surface area contributed by atoms with Gasteiger partial charge >= 0.3 is 0 Å². The second kappa shape index (κ2) is 5.84. The molecule has 2 nitrogen and oxygen atoms in total. The zero-order valence-corrected chi connectivity index (χ0v) is 9.53. The van der Waals surface area contributed by atoms with E-state index in [-0.39, 0.29) is 12.4 Å². The highest BCUT2D eigenvalue weighted by molar-refractivity contribution is 5.85. The van der Waals surface area contributed by atoms with E-state index in [1.807, 2.05) is 0 Å². The lowest BCUT2D eigenvalue weighted by atomic mass is 9.81. The van der Waals surface area contributed by atoms with Gasteiger partial charge in [-0.2, -0.15) is 0 Å². The minimum Gasteiger partial charge on any atom is -0.381 e. The molecule has 1 aliphatic rings.